The Morgan fingerprint density at radius 1 is 1.10 bits per heavy atom. The van der Waals surface area contributed by atoms with Crippen LogP contribution in [-0.2, 0) is 4.74 Å². The molecule has 6 heteroatoms. The van der Waals surface area contributed by atoms with Crippen LogP contribution in [0.25, 0.3) is 0 Å². The molecule has 0 radical (unpaired) electrons. The molecule has 2 heterocycles. The van der Waals surface area contributed by atoms with E-state index in [1.807, 2.05) is 51.2 Å². The molecular weight excluding hydrogens is 386 g/mol. The van der Waals surface area contributed by atoms with Crippen molar-refractivity contribution in [3.05, 3.63) is 64.9 Å². The number of rotatable bonds is 5. The van der Waals surface area contributed by atoms with E-state index in [4.69, 9.17) is 16.3 Å². The second-order valence-corrected chi connectivity index (χ2v) is 8.89. The van der Waals surface area contributed by atoms with Crippen LogP contribution in [0.4, 0.5) is 4.79 Å². The summed E-state index contributed by atoms with van der Waals surface area (Å²) in [4.78, 5) is 21.1. The molecule has 156 valence electrons. The summed E-state index contributed by atoms with van der Waals surface area (Å²) in [5, 5.41) is 0.742. The number of pyridine rings is 1. The molecule has 1 fully saturated rings. The van der Waals surface area contributed by atoms with Crippen molar-refractivity contribution in [1.82, 2.24) is 14.8 Å². The van der Waals surface area contributed by atoms with Gasteiger partial charge in [0.1, 0.15) is 5.60 Å². The van der Waals surface area contributed by atoms with Crippen LogP contribution < -0.4 is 0 Å². The molecule has 1 aromatic heterocycles. The van der Waals surface area contributed by atoms with Gasteiger partial charge in [-0.15, -0.1) is 0 Å². The minimum absolute atomic E-state index is 0.218. The summed E-state index contributed by atoms with van der Waals surface area (Å²) in [7, 11) is 0. The van der Waals surface area contributed by atoms with Crippen molar-refractivity contribution < 1.29 is 9.53 Å². The van der Waals surface area contributed by atoms with Crippen molar-refractivity contribution in [2.45, 2.75) is 38.7 Å². The van der Waals surface area contributed by atoms with Gasteiger partial charge in [0.05, 0.1) is 0 Å². The number of benzene rings is 1. The average Bonchev–Trinajstić information content (AvgIpc) is 2.69. The minimum Gasteiger partial charge on any atom is -0.444 e. The van der Waals surface area contributed by atoms with Gasteiger partial charge in [0.15, 0.2) is 0 Å². The maximum absolute atomic E-state index is 12.3. The Kier molecular flexibility index (Phi) is 7.14. The molecule has 29 heavy (non-hydrogen) atoms. The Morgan fingerprint density at radius 2 is 1.79 bits per heavy atom. The fraction of sp³-hybridized carbons (Fsp3) is 0.478. The van der Waals surface area contributed by atoms with Gasteiger partial charge < -0.3 is 9.64 Å². The maximum atomic E-state index is 12.3. The summed E-state index contributed by atoms with van der Waals surface area (Å²) in [6.07, 6.45) is 2.59. The summed E-state index contributed by atoms with van der Waals surface area (Å²) in [5.41, 5.74) is 1.84. The molecule has 1 aliphatic heterocycles. The SMILES string of the molecule is CC(C)(C)OC(=O)N1CCN(CCC(c2ccc(Cl)cc2)c2ccccn2)CC1. The van der Waals surface area contributed by atoms with E-state index in [9.17, 15) is 4.79 Å². The smallest absolute Gasteiger partial charge is 0.410 e. The average molecular weight is 416 g/mol. The van der Waals surface area contributed by atoms with E-state index in [-0.39, 0.29) is 12.0 Å². The number of ether oxygens (including phenoxy) is 1. The molecular formula is C23H30ClN3O2. The predicted molar refractivity (Wildman–Crippen MR) is 116 cm³/mol. The normalized spacial score (nSPS) is 16.5. The van der Waals surface area contributed by atoms with Gasteiger partial charge in [-0.25, -0.2) is 4.79 Å². The van der Waals surface area contributed by atoms with E-state index in [0.717, 1.165) is 36.8 Å². The highest BCUT2D eigenvalue weighted by atomic mass is 35.5. The lowest BCUT2D eigenvalue weighted by Crippen LogP contribution is -2.50. The van der Waals surface area contributed by atoms with Gasteiger partial charge in [-0.05, 0) is 63.6 Å². The molecule has 0 aliphatic carbocycles. The quantitative estimate of drug-likeness (QED) is 0.703. The molecule has 3 rings (SSSR count). The van der Waals surface area contributed by atoms with Crippen LogP contribution in [0.15, 0.2) is 48.7 Å². The summed E-state index contributed by atoms with van der Waals surface area (Å²) < 4.78 is 5.49. The molecule has 0 bridgehead atoms. The fourth-order valence-corrected chi connectivity index (χ4v) is 3.68. The third-order valence-corrected chi connectivity index (χ3v) is 5.33. The number of carbonyl (C=O) groups excluding carboxylic acids is 1. The molecule has 1 saturated heterocycles. The number of hydrogen-bond donors (Lipinski definition) is 0. The van der Waals surface area contributed by atoms with E-state index in [1.54, 1.807) is 4.90 Å². The first-order valence-electron chi connectivity index (χ1n) is 10.2. The monoisotopic (exact) mass is 415 g/mol. The van der Waals surface area contributed by atoms with Crippen molar-refractivity contribution >= 4 is 17.7 Å². The van der Waals surface area contributed by atoms with Gasteiger partial charge in [0.2, 0.25) is 0 Å². The molecule has 1 unspecified atom stereocenters. The summed E-state index contributed by atoms with van der Waals surface area (Å²) in [5.74, 6) is 0.220. The van der Waals surface area contributed by atoms with Crippen LogP contribution in [0.1, 0.15) is 44.4 Å². The van der Waals surface area contributed by atoms with E-state index >= 15 is 0 Å². The molecule has 2 aromatic rings. The largest absolute Gasteiger partial charge is 0.444 e. The van der Waals surface area contributed by atoms with Crippen molar-refractivity contribution in [1.29, 1.82) is 0 Å². The molecule has 1 aromatic carbocycles. The third-order valence-electron chi connectivity index (χ3n) is 5.08. The number of piperazine rings is 1. The first-order valence-corrected chi connectivity index (χ1v) is 10.6. The van der Waals surface area contributed by atoms with Crippen molar-refractivity contribution in [3.63, 3.8) is 0 Å². The first-order chi connectivity index (χ1) is 13.8. The van der Waals surface area contributed by atoms with E-state index in [1.165, 1.54) is 5.56 Å². The highest BCUT2D eigenvalue weighted by Gasteiger charge is 2.26. The van der Waals surface area contributed by atoms with Crippen molar-refractivity contribution in [2.75, 3.05) is 32.7 Å². The standard InChI is InChI=1S/C23H30ClN3O2/c1-23(2,3)29-22(28)27-16-14-26(15-17-27)13-11-20(21-6-4-5-12-25-21)18-7-9-19(24)10-8-18/h4-10,12,20H,11,13-17H2,1-3H3. The molecule has 0 saturated carbocycles. The lowest BCUT2D eigenvalue weighted by molar-refractivity contribution is 0.0144. The van der Waals surface area contributed by atoms with Gasteiger partial charge in [-0.2, -0.15) is 0 Å². The number of halogens is 1. The summed E-state index contributed by atoms with van der Waals surface area (Å²) in [6.45, 7) is 9.75. The molecule has 0 spiro atoms. The lowest BCUT2D eigenvalue weighted by atomic mass is 9.91. The summed E-state index contributed by atoms with van der Waals surface area (Å²) in [6, 6.07) is 14.1. The molecule has 5 nitrogen and oxygen atoms in total. The molecule has 1 aliphatic rings. The Balaban J connectivity index is 1.58. The first kappa shape index (κ1) is 21.6. The zero-order chi connectivity index (χ0) is 20.9. The predicted octanol–water partition coefficient (Wildman–Crippen LogP) is 4.81. The van der Waals surface area contributed by atoms with Gasteiger partial charge in [-0.1, -0.05) is 29.8 Å². The highest BCUT2D eigenvalue weighted by molar-refractivity contribution is 6.30. The zero-order valence-electron chi connectivity index (χ0n) is 17.5. The van der Waals surface area contributed by atoms with Gasteiger partial charge in [0, 0.05) is 49.0 Å². The van der Waals surface area contributed by atoms with E-state index in [2.05, 4.69) is 28.1 Å². The Hall–Kier alpha value is -2.11. The Morgan fingerprint density at radius 3 is 2.38 bits per heavy atom. The van der Waals surface area contributed by atoms with Crippen LogP contribution in [0, 0.1) is 0 Å². The maximum Gasteiger partial charge on any atom is 0.410 e. The molecule has 1 amide bonds. The topological polar surface area (TPSA) is 45.7 Å². The fourth-order valence-electron chi connectivity index (χ4n) is 3.55. The molecule has 1 atom stereocenters. The molecule has 0 N–H and O–H groups in total. The van der Waals surface area contributed by atoms with Crippen LogP contribution >= 0.6 is 11.6 Å². The van der Waals surface area contributed by atoms with Crippen LogP contribution in [-0.4, -0.2) is 59.2 Å². The van der Waals surface area contributed by atoms with Gasteiger partial charge >= 0.3 is 6.09 Å². The third kappa shape index (κ3) is 6.44. The number of hydrogen-bond acceptors (Lipinski definition) is 4. The Labute approximate surface area is 178 Å². The number of aromatic nitrogens is 1. The highest BCUT2D eigenvalue weighted by Crippen LogP contribution is 2.28. The van der Waals surface area contributed by atoms with Crippen LogP contribution in [0.5, 0.6) is 0 Å². The van der Waals surface area contributed by atoms with Gasteiger partial charge in [0.25, 0.3) is 0 Å². The van der Waals surface area contributed by atoms with E-state index < -0.39 is 5.60 Å². The lowest BCUT2D eigenvalue weighted by Gasteiger charge is -2.36. The van der Waals surface area contributed by atoms with Crippen molar-refractivity contribution in [3.8, 4) is 0 Å². The van der Waals surface area contributed by atoms with Gasteiger partial charge in [-0.3, -0.25) is 9.88 Å². The number of carbonyl (C=O) groups is 1. The van der Waals surface area contributed by atoms with E-state index in [0.29, 0.717) is 13.1 Å². The Bertz CT molecular complexity index is 782. The minimum atomic E-state index is -0.456. The van der Waals surface area contributed by atoms with Crippen molar-refractivity contribution in [2.24, 2.45) is 0 Å². The number of nitrogens with zero attached hydrogens (tertiary/aromatic N) is 3. The van der Waals surface area contributed by atoms with Crippen LogP contribution in [0.3, 0.4) is 0 Å². The number of amides is 1. The second kappa shape index (κ2) is 9.59. The van der Waals surface area contributed by atoms with Crippen LogP contribution in [0.2, 0.25) is 5.02 Å². The summed E-state index contributed by atoms with van der Waals surface area (Å²) >= 11 is 6.07. The second-order valence-electron chi connectivity index (χ2n) is 8.46. The zero-order valence-corrected chi connectivity index (χ0v) is 18.2.